The summed E-state index contributed by atoms with van der Waals surface area (Å²) in [6.45, 7) is 1.73. The Labute approximate surface area is 128 Å². The molecule has 0 aliphatic rings. The van der Waals surface area contributed by atoms with E-state index in [2.05, 4.69) is 10.3 Å². The second-order valence-electron chi connectivity index (χ2n) is 4.16. The molecule has 0 radical (unpaired) electrons. The number of benzene rings is 1. The van der Waals surface area contributed by atoms with Crippen molar-refractivity contribution in [2.75, 3.05) is 5.32 Å². The van der Waals surface area contributed by atoms with E-state index in [1.54, 1.807) is 6.92 Å². The Hall–Kier alpha value is -2.19. The largest absolute Gasteiger partial charge is 0.476 e. The Kier molecular flexibility index (Phi) is 4.39. The third-order valence-electron chi connectivity index (χ3n) is 2.64. The molecule has 0 amide bonds. The second-order valence-corrected chi connectivity index (χ2v) is 5.49. The topological polar surface area (TPSA) is 105 Å². The van der Waals surface area contributed by atoms with Crippen LogP contribution >= 0.6 is 22.9 Å². The number of carboxylic acid groups (broad SMARTS) is 1. The average molecular weight is 328 g/mol. The van der Waals surface area contributed by atoms with Crippen molar-refractivity contribution < 1.29 is 14.8 Å². The first-order valence-electron chi connectivity index (χ1n) is 5.77. The van der Waals surface area contributed by atoms with Crippen molar-refractivity contribution in [2.45, 2.75) is 13.0 Å². The van der Waals surface area contributed by atoms with Gasteiger partial charge in [0.05, 0.1) is 11.0 Å². The van der Waals surface area contributed by atoms with Crippen LogP contribution in [0.15, 0.2) is 23.6 Å². The standard InChI is InChI=1S/C12H10ClN3O4S/c1-6(11-15-9(5-21-11)12(17)18)14-8-4-7(13)2-3-10(8)16(19)20/h2-6,14H,1H3,(H,17,18). The molecule has 2 N–H and O–H groups in total. The van der Waals surface area contributed by atoms with E-state index in [1.807, 2.05) is 0 Å². The summed E-state index contributed by atoms with van der Waals surface area (Å²) in [5, 5.41) is 25.0. The molecule has 1 aromatic heterocycles. The first-order valence-corrected chi connectivity index (χ1v) is 7.03. The molecule has 0 aliphatic heterocycles. The summed E-state index contributed by atoms with van der Waals surface area (Å²) >= 11 is 7.01. The number of nitro benzene ring substituents is 1. The molecule has 110 valence electrons. The number of rotatable bonds is 5. The lowest BCUT2D eigenvalue weighted by atomic mass is 10.2. The minimum atomic E-state index is -1.11. The van der Waals surface area contributed by atoms with Crippen LogP contribution in [0.4, 0.5) is 11.4 Å². The van der Waals surface area contributed by atoms with Crippen LogP contribution in [0.25, 0.3) is 0 Å². The maximum absolute atomic E-state index is 11.0. The Morgan fingerprint density at radius 2 is 2.29 bits per heavy atom. The predicted octanol–water partition coefficient (Wildman–Crippen LogP) is 3.58. The van der Waals surface area contributed by atoms with Crippen LogP contribution in [-0.2, 0) is 0 Å². The molecular weight excluding hydrogens is 318 g/mol. The Bertz CT molecular complexity index is 704. The first kappa shape index (κ1) is 15.2. The third-order valence-corrected chi connectivity index (χ3v) is 3.90. The summed E-state index contributed by atoms with van der Waals surface area (Å²) in [5.74, 6) is -1.11. The zero-order valence-corrected chi connectivity index (χ0v) is 12.3. The highest BCUT2D eigenvalue weighted by molar-refractivity contribution is 7.09. The Morgan fingerprint density at radius 3 is 2.86 bits per heavy atom. The van der Waals surface area contributed by atoms with Crippen LogP contribution < -0.4 is 5.32 Å². The fraction of sp³-hybridized carbons (Fsp3) is 0.167. The molecule has 2 aromatic rings. The highest BCUT2D eigenvalue weighted by Crippen LogP contribution is 2.31. The molecule has 0 spiro atoms. The molecule has 1 atom stereocenters. The molecule has 0 saturated carbocycles. The van der Waals surface area contributed by atoms with E-state index in [0.717, 1.165) is 0 Å². The highest BCUT2D eigenvalue weighted by atomic mass is 35.5. The minimum absolute atomic E-state index is 0.0516. The molecule has 1 unspecified atom stereocenters. The van der Waals surface area contributed by atoms with Crippen LogP contribution in [-0.4, -0.2) is 21.0 Å². The molecule has 2 rings (SSSR count). The van der Waals surface area contributed by atoms with Crippen molar-refractivity contribution in [3.63, 3.8) is 0 Å². The summed E-state index contributed by atoms with van der Waals surface area (Å²) < 4.78 is 0. The van der Waals surface area contributed by atoms with Gasteiger partial charge in [-0.05, 0) is 19.1 Å². The van der Waals surface area contributed by atoms with Crippen LogP contribution in [0.5, 0.6) is 0 Å². The fourth-order valence-electron chi connectivity index (χ4n) is 1.66. The summed E-state index contributed by atoms with van der Waals surface area (Å²) in [4.78, 5) is 25.2. The third kappa shape index (κ3) is 3.47. The zero-order chi connectivity index (χ0) is 15.6. The number of hydrogen-bond donors (Lipinski definition) is 2. The van der Waals surface area contributed by atoms with Crippen molar-refractivity contribution in [1.82, 2.24) is 4.98 Å². The summed E-state index contributed by atoms with van der Waals surface area (Å²) in [5.41, 5.74) is 0.0950. The van der Waals surface area contributed by atoms with Gasteiger partial charge in [0.25, 0.3) is 5.69 Å². The normalized spacial score (nSPS) is 11.9. The number of halogens is 1. The highest BCUT2D eigenvalue weighted by Gasteiger charge is 2.19. The number of carbonyl (C=O) groups is 1. The molecule has 0 fully saturated rings. The van der Waals surface area contributed by atoms with E-state index in [1.165, 1.54) is 34.9 Å². The van der Waals surface area contributed by atoms with Crippen molar-refractivity contribution in [3.05, 3.63) is 49.4 Å². The van der Waals surface area contributed by atoms with Gasteiger partial charge in [-0.25, -0.2) is 9.78 Å². The summed E-state index contributed by atoms with van der Waals surface area (Å²) in [6.07, 6.45) is 0. The summed E-state index contributed by atoms with van der Waals surface area (Å²) in [7, 11) is 0. The van der Waals surface area contributed by atoms with Crippen LogP contribution in [0.3, 0.4) is 0 Å². The quantitative estimate of drug-likeness (QED) is 0.642. The molecule has 9 heteroatoms. The Morgan fingerprint density at radius 1 is 1.57 bits per heavy atom. The number of nitro groups is 1. The SMILES string of the molecule is CC(Nc1cc(Cl)ccc1[N+](=O)[O-])c1nc(C(=O)O)cs1. The molecule has 1 heterocycles. The van der Waals surface area contributed by atoms with Crippen molar-refractivity contribution in [1.29, 1.82) is 0 Å². The molecule has 0 bridgehead atoms. The van der Waals surface area contributed by atoms with Gasteiger partial charge in [-0.15, -0.1) is 11.3 Å². The maximum atomic E-state index is 11.0. The zero-order valence-electron chi connectivity index (χ0n) is 10.7. The molecule has 7 nitrogen and oxygen atoms in total. The van der Waals surface area contributed by atoms with Gasteiger partial charge in [-0.2, -0.15) is 0 Å². The number of anilines is 1. The van der Waals surface area contributed by atoms with Crippen LogP contribution in [0.1, 0.15) is 28.5 Å². The average Bonchev–Trinajstić information content (AvgIpc) is 2.88. The second kappa shape index (κ2) is 6.06. The molecule has 0 aliphatic carbocycles. The maximum Gasteiger partial charge on any atom is 0.355 e. The van der Waals surface area contributed by atoms with Crippen LogP contribution in [0.2, 0.25) is 5.02 Å². The van der Waals surface area contributed by atoms with Gasteiger partial charge in [0, 0.05) is 16.5 Å². The van der Waals surface area contributed by atoms with E-state index in [4.69, 9.17) is 16.7 Å². The molecular formula is C12H10ClN3O4S. The van der Waals surface area contributed by atoms with Gasteiger partial charge in [0.15, 0.2) is 5.69 Å². The Balaban J connectivity index is 2.26. The minimum Gasteiger partial charge on any atom is -0.476 e. The van der Waals surface area contributed by atoms with Gasteiger partial charge < -0.3 is 10.4 Å². The fourth-order valence-corrected chi connectivity index (χ4v) is 2.63. The van der Waals surface area contributed by atoms with E-state index in [9.17, 15) is 14.9 Å². The van der Waals surface area contributed by atoms with Gasteiger partial charge >= 0.3 is 5.97 Å². The number of thiazole rings is 1. The lowest BCUT2D eigenvalue weighted by Gasteiger charge is -2.13. The molecule has 0 saturated heterocycles. The number of aromatic carboxylic acids is 1. The van der Waals surface area contributed by atoms with Crippen molar-refractivity contribution in [3.8, 4) is 0 Å². The smallest absolute Gasteiger partial charge is 0.355 e. The van der Waals surface area contributed by atoms with Gasteiger partial charge in [0.1, 0.15) is 10.7 Å². The van der Waals surface area contributed by atoms with Gasteiger partial charge in [-0.1, -0.05) is 11.6 Å². The van der Waals surface area contributed by atoms with Crippen molar-refractivity contribution in [2.24, 2.45) is 0 Å². The predicted molar refractivity (Wildman–Crippen MR) is 79.2 cm³/mol. The number of nitrogens with zero attached hydrogens (tertiary/aromatic N) is 2. The monoisotopic (exact) mass is 327 g/mol. The summed E-state index contributed by atoms with van der Waals surface area (Å²) in [6, 6.07) is 3.80. The number of carboxylic acids is 1. The lowest BCUT2D eigenvalue weighted by molar-refractivity contribution is -0.384. The number of nitrogens with one attached hydrogen (secondary N) is 1. The van der Waals surface area contributed by atoms with Crippen LogP contribution in [0, 0.1) is 10.1 Å². The first-order chi connectivity index (χ1) is 9.88. The van der Waals surface area contributed by atoms with E-state index in [0.29, 0.717) is 10.0 Å². The van der Waals surface area contributed by atoms with Crippen molar-refractivity contribution >= 4 is 40.3 Å². The lowest BCUT2D eigenvalue weighted by Crippen LogP contribution is -2.09. The van der Waals surface area contributed by atoms with E-state index >= 15 is 0 Å². The molecule has 21 heavy (non-hydrogen) atoms. The number of hydrogen-bond acceptors (Lipinski definition) is 6. The van der Waals surface area contributed by atoms with Gasteiger partial charge in [0.2, 0.25) is 0 Å². The van der Waals surface area contributed by atoms with Gasteiger partial charge in [-0.3, -0.25) is 10.1 Å². The molecule has 1 aromatic carbocycles. The van der Waals surface area contributed by atoms with E-state index in [-0.39, 0.29) is 23.1 Å². The van der Waals surface area contributed by atoms with E-state index < -0.39 is 10.9 Å². The number of aromatic nitrogens is 1.